The molecule has 22 heavy (non-hydrogen) atoms. The van der Waals surface area contributed by atoms with Crippen LogP contribution in [0.5, 0.6) is 0 Å². The van der Waals surface area contributed by atoms with Gasteiger partial charge < -0.3 is 15.3 Å². The lowest BCUT2D eigenvalue weighted by Gasteiger charge is -2.17. The van der Waals surface area contributed by atoms with Crippen LogP contribution in [0, 0.1) is 17.6 Å². The molecule has 0 aliphatic carbocycles. The molecule has 1 aliphatic rings. The van der Waals surface area contributed by atoms with E-state index in [9.17, 15) is 23.2 Å². The SMILES string of the molecule is O=C(O)CCNC(=O)[C@@H]1CCN(c2cc(F)cc(F)c2)C1=O. The van der Waals surface area contributed by atoms with Gasteiger partial charge in [-0.3, -0.25) is 14.4 Å². The van der Waals surface area contributed by atoms with Gasteiger partial charge in [-0.25, -0.2) is 8.78 Å². The van der Waals surface area contributed by atoms with Crippen LogP contribution in [-0.4, -0.2) is 36.0 Å². The highest BCUT2D eigenvalue weighted by Gasteiger charge is 2.37. The average molecular weight is 312 g/mol. The number of nitrogens with zero attached hydrogens (tertiary/aromatic N) is 1. The number of hydrogen-bond acceptors (Lipinski definition) is 3. The van der Waals surface area contributed by atoms with Crippen LogP contribution in [-0.2, 0) is 14.4 Å². The molecule has 1 atom stereocenters. The van der Waals surface area contributed by atoms with E-state index >= 15 is 0 Å². The molecule has 2 N–H and O–H groups in total. The number of amides is 2. The molecule has 8 heteroatoms. The second kappa shape index (κ2) is 6.50. The van der Waals surface area contributed by atoms with Crippen LogP contribution >= 0.6 is 0 Å². The molecule has 2 rings (SSSR count). The summed E-state index contributed by atoms with van der Waals surface area (Å²) in [5.74, 6) is -4.78. The van der Waals surface area contributed by atoms with Crippen molar-refractivity contribution in [2.45, 2.75) is 12.8 Å². The number of carboxylic acid groups (broad SMARTS) is 1. The Morgan fingerprint density at radius 2 is 1.91 bits per heavy atom. The van der Waals surface area contributed by atoms with Crippen LogP contribution in [0.1, 0.15) is 12.8 Å². The molecule has 0 radical (unpaired) electrons. The predicted octanol–water partition coefficient (Wildman–Crippen LogP) is 0.909. The number of nitrogens with one attached hydrogen (secondary N) is 1. The van der Waals surface area contributed by atoms with Gasteiger partial charge in [0.15, 0.2) is 0 Å². The summed E-state index contributed by atoms with van der Waals surface area (Å²) < 4.78 is 26.4. The molecular formula is C14H14F2N2O4. The van der Waals surface area contributed by atoms with E-state index in [1.54, 1.807) is 0 Å². The number of halogens is 2. The van der Waals surface area contributed by atoms with Crippen molar-refractivity contribution < 1.29 is 28.3 Å². The topological polar surface area (TPSA) is 86.7 Å². The van der Waals surface area contributed by atoms with Crippen LogP contribution in [0.4, 0.5) is 14.5 Å². The van der Waals surface area contributed by atoms with Crippen LogP contribution in [0.25, 0.3) is 0 Å². The van der Waals surface area contributed by atoms with Gasteiger partial charge in [0.25, 0.3) is 0 Å². The van der Waals surface area contributed by atoms with Crippen LogP contribution in [0.3, 0.4) is 0 Å². The summed E-state index contributed by atoms with van der Waals surface area (Å²) in [5.41, 5.74) is 0.0586. The quantitative estimate of drug-likeness (QED) is 0.791. The zero-order valence-electron chi connectivity index (χ0n) is 11.5. The van der Waals surface area contributed by atoms with Gasteiger partial charge in [0.2, 0.25) is 11.8 Å². The number of anilines is 1. The highest BCUT2D eigenvalue weighted by atomic mass is 19.1. The van der Waals surface area contributed by atoms with Crippen molar-refractivity contribution in [3.63, 3.8) is 0 Å². The first-order chi connectivity index (χ1) is 10.4. The summed E-state index contributed by atoms with van der Waals surface area (Å²) >= 11 is 0. The molecule has 0 saturated carbocycles. The molecule has 1 fully saturated rings. The third-order valence-corrected chi connectivity index (χ3v) is 3.32. The third kappa shape index (κ3) is 3.57. The van der Waals surface area contributed by atoms with Crippen molar-refractivity contribution >= 4 is 23.5 Å². The highest BCUT2D eigenvalue weighted by molar-refractivity contribution is 6.09. The van der Waals surface area contributed by atoms with Crippen molar-refractivity contribution in [1.29, 1.82) is 0 Å². The van der Waals surface area contributed by atoms with Gasteiger partial charge >= 0.3 is 5.97 Å². The number of benzene rings is 1. The third-order valence-electron chi connectivity index (χ3n) is 3.32. The summed E-state index contributed by atoms with van der Waals surface area (Å²) in [6.45, 7) is 0.0886. The zero-order valence-corrected chi connectivity index (χ0v) is 11.5. The van der Waals surface area contributed by atoms with E-state index in [0.717, 1.165) is 17.0 Å². The minimum absolute atomic E-state index is 0.0586. The molecule has 1 aromatic rings. The number of aliphatic carboxylic acids is 1. The molecule has 0 spiro atoms. The monoisotopic (exact) mass is 312 g/mol. The Kier molecular flexibility index (Phi) is 4.69. The number of carbonyl (C=O) groups excluding carboxylic acids is 2. The lowest BCUT2D eigenvalue weighted by molar-refractivity contribution is -0.137. The molecular weight excluding hydrogens is 298 g/mol. The van der Waals surface area contributed by atoms with Crippen LogP contribution in [0.15, 0.2) is 18.2 Å². The van der Waals surface area contributed by atoms with Gasteiger partial charge in [0.05, 0.1) is 6.42 Å². The lowest BCUT2D eigenvalue weighted by atomic mass is 10.1. The number of hydrogen-bond donors (Lipinski definition) is 2. The fourth-order valence-electron chi connectivity index (χ4n) is 2.29. The summed E-state index contributed by atoms with van der Waals surface area (Å²) in [6.07, 6.45) is -0.0403. The summed E-state index contributed by atoms with van der Waals surface area (Å²) in [4.78, 5) is 35.5. The Labute approximate surface area is 124 Å². The molecule has 1 aliphatic heterocycles. The molecule has 1 heterocycles. The first-order valence-corrected chi connectivity index (χ1v) is 6.65. The van der Waals surface area contributed by atoms with Gasteiger partial charge in [-0.1, -0.05) is 0 Å². The number of carbonyl (C=O) groups is 3. The van der Waals surface area contributed by atoms with E-state index in [0.29, 0.717) is 6.07 Å². The van der Waals surface area contributed by atoms with Gasteiger partial charge in [0.1, 0.15) is 17.6 Å². The molecule has 2 amide bonds. The Bertz CT molecular complexity index is 601. The Balaban J connectivity index is 2.03. The fourth-order valence-corrected chi connectivity index (χ4v) is 2.29. The molecule has 0 aromatic heterocycles. The predicted molar refractivity (Wildman–Crippen MR) is 72.1 cm³/mol. The second-order valence-electron chi connectivity index (χ2n) is 4.89. The van der Waals surface area contributed by atoms with E-state index in [2.05, 4.69) is 5.32 Å². The van der Waals surface area contributed by atoms with E-state index in [-0.39, 0.29) is 31.6 Å². The fraction of sp³-hybridized carbons (Fsp3) is 0.357. The van der Waals surface area contributed by atoms with E-state index in [1.807, 2.05) is 0 Å². The van der Waals surface area contributed by atoms with Gasteiger partial charge in [-0.2, -0.15) is 0 Å². The highest BCUT2D eigenvalue weighted by Crippen LogP contribution is 2.26. The first kappa shape index (κ1) is 15.9. The molecule has 6 nitrogen and oxygen atoms in total. The maximum absolute atomic E-state index is 13.2. The van der Waals surface area contributed by atoms with Crippen molar-refractivity contribution in [3.05, 3.63) is 29.8 Å². The van der Waals surface area contributed by atoms with E-state index in [1.165, 1.54) is 0 Å². The van der Waals surface area contributed by atoms with Gasteiger partial charge in [-0.15, -0.1) is 0 Å². The smallest absolute Gasteiger partial charge is 0.305 e. The molecule has 118 valence electrons. The number of carboxylic acids is 1. The molecule has 0 unspecified atom stereocenters. The van der Waals surface area contributed by atoms with Crippen molar-refractivity contribution in [2.75, 3.05) is 18.0 Å². The summed E-state index contributed by atoms with van der Waals surface area (Å²) in [5, 5.41) is 10.9. The standard InChI is InChI=1S/C14H14F2N2O4/c15-8-5-9(16)7-10(6-8)18-4-2-11(14(18)22)13(21)17-3-1-12(19)20/h5-7,11H,1-4H2,(H,17,21)(H,19,20)/t11-/m0/s1. The van der Waals surface area contributed by atoms with E-state index < -0.39 is 35.3 Å². The van der Waals surface area contributed by atoms with E-state index in [4.69, 9.17) is 5.11 Å². The maximum Gasteiger partial charge on any atom is 0.305 e. The zero-order chi connectivity index (χ0) is 16.3. The molecule has 0 bridgehead atoms. The minimum Gasteiger partial charge on any atom is -0.481 e. The average Bonchev–Trinajstić information content (AvgIpc) is 2.79. The van der Waals surface area contributed by atoms with Crippen molar-refractivity contribution in [1.82, 2.24) is 5.32 Å². The maximum atomic E-state index is 13.2. The summed E-state index contributed by atoms with van der Waals surface area (Å²) in [6, 6.07) is 2.73. The van der Waals surface area contributed by atoms with Crippen LogP contribution < -0.4 is 10.2 Å². The summed E-state index contributed by atoms with van der Waals surface area (Å²) in [7, 11) is 0. The Morgan fingerprint density at radius 1 is 1.27 bits per heavy atom. The molecule has 1 saturated heterocycles. The first-order valence-electron chi connectivity index (χ1n) is 6.65. The van der Waals surface area contributed by atoms with Crippen molar-refractivity contribution in [3.8, 4) is 0 Å². The number of rotatable bonds is 5. The molecule has 1 aromatic carbocycles. The Morgan fingerprint density at radius 3 is 2.50 bits per heavy atom. The largest absolute Gasteiger partial charge is 0.481 e. The van der Waals surface area contributed by atoms with Gasteiger partial charge in [0, 0.05) is 24.8 Å². The normalized spacial score (nSPS) is 17.6. The minimum atomic E-state index is -1.06. The van der Waals surface area contributed by atoms with Crippen LogP contribution in [0.2, 0.25) is 0 Å². The van der Waals surface area contributed by atoms with Gasteiger partial charge in [-0.05, 0) is 18.6 Å². The second-order valence-corrected chi connectivity index (χ2v) is 4.89. The lowest BCUT2D eigenvalue weighted by Crippen LogP contribution is -2.37. The Hall–Kier alpha value is -2.51. The van der Waals surface area contributed by atoms with Crippen molar-refractivity contribution in [2.24, 2.45) is 5.92 Å².